The predicted molar refractivity (Wildman–Crippen MR) is 68.9 cm³/mol. The summed E-state index contributed by atoms with van der Waals surface area (Å²) in [6.07, 6.45) is 5.84. The van der Waals surface area contributed by atoms with Crippen LogP contribution in [-0.2, 0) is 0 Å². The molecule has 0 spiro atoms. The lowest BCUT2D eigenvalue weighted by Gasteiger charge is -2.38. The van der Waals surface area contributed by atoms with Crippen LogP contribution in [0.25, 0.3) is 17.0 Å². The number of anilines is 1. The summed E-state index contributed by atoms with van der Waals surface area (Å²) >= 11 is 0. The molecular weight excluding hydrogens is 214 g/mol. The Labute approximate surface area is 100.0 Å². The molecule has 0 saturated carbocycles. The fourth-order valence-electron chi connectivity index (χ4n) is 2.35. The number of aliphatic hydroxyl groups is 1. The molecule has 0 saturated heterocycles. The number of hydrogen-bond donors (Lipinski definition) is 1. The third-order valence-electron chi connectivity index (χ3n) is 3.15. The molecule has 0 unspecified atom stereocenters. The maximum atomic E-state index is 10.2. The van der Waals surface area contributed by atoms with E-state index >= 15 is 0 Å². The van der Waals surface area contributed by atoms with Gasteiger partial charge in [0.15, 0.2) is 0 Å². The van der Waals surface area contributed by atoms with Crippen molar-refractivity contribution < 1.29 is 9.52 Å². The SMILES string of the molecule is CC(C)(O)N1CC=Cc2ccc3occc3c21. The van der Waals surface area contributed by atoms with Crippen molar-refractivity contribution in [1.29, 1.82) is 0 Å². The van der Waals surface area contributed by atoms with Crippen LogP contribution in [0.15, 0.2) is 35.0 Å². The number of nitrogens with zero attached hydrogens (tertiary/aromatic N) is 1. The lowest BCUT2D eigenvalue weighted by atomic mass is 10.0. The first-order chi connectivity index (χ1) is 8.07. The van der Waals surface area contributed by atoms with Crippen molar-refractivity contribution in [1.82, 2.24) is 0 Å². The molecule has 2 heterocycles. The van der Waals surface area contributed by atoms with Gasteiger partial charge in [0.25, 0.3) is 0 Å². The highest BCUT2D eigenvalue weighted by atomic mass is 16.3. The van der Waals surface area contributed by atoms with Crippen molar-refractivity contribution in [2.75, 3.05) is 11.4 Å². The van der Waals surface area contributed by atoms with Gasteiger partial charge in [-0.2, -0.15) is 0 Å². The van der Waals surface area contributed by atoms with E-state index in [1.165, 1.54) is 0 Å². The molecule has 1 aliphatic heterocycles. The van der Waals surface area contributed by atoms with Crippen LogP contribution in [0.1, 0.15) is 19.4 Å². The third kappa shape index (κ3) is 1.54. The summed E-state index contributed by atoms with van der Waals surface area (Å²) in [4.78, 5) is 1.99. The Morgan fingerprint density at radius 3 is 2.88 bits per heavy atom. The van der Waals surface area contributed by atoms with Crippen molar-refractivity contribution in [2.45, 2.75) is 19.6 Å². The van der Waals surface area contributed by atoms with Crippen LogP contribution in [0.3, 0.4) is 0 Å². The van der Waals surface area contributed by atoms with Gasteiger partial charge in [-0.05, 0) is 37.6 Å². The normalized spacial score (nSPS) is 15.4. The molecule has 3 nitrogen and oxygen atoms in total. The molecule has 1 aromatic carbocycles. The summed E-state index contributed by atoms with van der Waals surface area (Å²) in [7, 11) is 0. The predicted octanol–water partition coefficient (Wildman–Crippen LogP) is 2.99. The summed E-state index contributed by atoms with van der Waals surface area (Å²) in [5.41, 5.74) is 2.14. The van der Waals surface area contributed by atoms with E-state index < -0.39 is 5.72 Å². The first-order valence-electron chi connectivity index (χ1n) is 5.74. The quantitative estimate of drug-likeness (QED) is 0.816. The molecule has 1 N–H and O–H groups in total. The fourth-order valence-corrected chi connectivity index (χ4v) is 2.35. The van der Waals surface area contributed by atoms with Gasteiger partial charge in [0.2, 0.25) is 0 Å². The summed E-state index contributed by atoms with van der Waals surface area (Å²) in [5.74, 6) is 0. The van der Waals surface area contributed by atoms with E-state index in [1.54, 1.807) is 20.1 Å². The molecule has 0 fully saturated rings. The average Bonchev–Trinajstić information content (AvgIpc) is 2.75. The maximum Gasteiger partial charge on any atom is 0.135 e. The van der Waals surface area contributed by atoms with Crippen LogP contribution >= 0.6 is 0 Å². The van der Waals surface area contributed by atoms with E-state index in [1.807, 2.05) is 23.1 Å². The summed E-state index contributed by atoms with van der Waals surface area (Å²) in [5, 5.41) is 11.3. The molecule has 0 radical (unpaired) electrons. The number of hydrogen-bond acceptors (Lipinski definition) is 3. The molecule has 0 bridgehead atoms. The number of fused-ring (bicyclic) bond motifs is 3. The van der Waals surface area contributed by atoms with Gasteiger partial charge in [-0.25, -0.2) is 0 Å². The zero-order valence-electron chi connectivity index (χ0n) is 9.97. The minimum Gasteiger partial charge on any atom is -0.464 e. The average molecular weight is 229 g/mol. The van der Waals surface area contributed by atoms with E-state index in [4.69, 9.17) is 4.42 Å². The minimum atomic E-state index is -0.884. The zero-order valence-corrected chi connectivity index (χ0v) is 9.97. The number of furan rings is 1. The molecule has 88 valence electrons. The molecule has 3 rings (SSSR count). The van der Waals surface area contributed by atoms with E-state index in [0.717, 1.165) is 22.2 Å². The van der Waals surface area contributed by atoms with Gasteiger partial charge in [0.1, 0.15) is 11.3 Å². The van der Waals surface area contributed by atoms with Crippen LogP contribution in [0.5, 0.6) is 0 Å². The number of benzene rings is 1. The van der Waals surface area contributed by atoms with E-state index in [2.05, 4.69) is 12.2 Å². The van der Waals surface area contributed by atoms with Gasteiger partial charge < -0.3 is 14.4 Å². The minimum absolute atomic E-state index is 0.709. The lowest BCUT2D eigenvalue weighted by Crippen LogP contribution is -2.45. The highest BCUT2D eigenvalue weighted by molar-refractivity contribution is 5.97. The van der Waals surface area contributed by atoms with E-state index in [9.17, 15) is 5.11 Å². The van der Waals surface area contributed by atoms with Gasteiger partial charge in [0, 0.05) is 11.9 Å². The monoisotopic (exact) mass is 229 g/mol. The van der Waals surface area contributed by atoms with Gasteiger partial charge in [-0.3, -0.25) is 0 Å². The first-order valence-corrected chi connectivity index (χ1v) is 5.74. The van der Waals surface area contributed by atoms with Crippen molar-refractivity contribution >= 4 is 22.7 Å². The van der Waals surface area contributed by atoms with Gasteiger partial charge in [0.05, 0.1) is 12.0 Å². The van der Waals surface area contributed by atoms with Gasteiger partial charge >= 0.3 is 0 Å². The van der Waals surface area contributed by atoms with Crippen molar-refractivity contribution in [2.24, 2.45) is 0 Å². The molecule has 0 amide bonds. The van der Waals surface area contributed by atoms with Gasteiger partial charge in [-0.1, -0.05) is 12.2 Å². The number of rotatable bonds is 1. The Hall–Kier alpha value is -1.74. The van der Waals surface area contributed by atoms with Crippen molar-refractivity contribution in [3.05, 3.63) is 36.1 Å². The topological polar surface area (TPSA) is 36.6 Å². The van der Waals surface area contributed by atoms with Crippen LogP contribution in [0.2, 0.25) is 0 Å². The Balaban J connectivity index is 2.30. The summed E-state index contributed by atoms with van der Waals surface area (Å²) < 4.78 is 5.41. The molecule has 3 heteroatoms. The smallest absolute Gasteiger partial charge is 0.135 e. The zero-order chi connectivity index (χ0) is 12.0. The molecule has 2 aromatic rings. The van der Waals surface area contributed by atoms with Crippen LogP contribution < -0.4 is 4.90 Å². The Morgan fingerprint density at radius 2 is 2.12 bits per heavy atom. The molecule has 0 atom stereocenters. The van der Waals surface area contributed by atoms with Crippen molar-refractivity contribution in [3.8, 4) is 0 Å². The van der Waals surface area contributed by atoms with E-state index in [0.29, 0.717) is 6.54 Å². The van der Waals surface area contributed by atoms with Crippen molar-refractivity contribution in [3.63, 3.8) is 0 Å². The standard InChI is InChI=1S/C14H15NO2/c1-14(2,16)15-8-3-4-10-5-6-12-11(13(10)15)7-9-17-12/h3-7,9,16H,8H2,1-2H3. The largest absolute Gasteiger partial charge is 0.464 e. The third-order valence-corrected chi connectivity index (χ3v) is 3.15. The van der Waals surface area contributed by atoms with Crippen LogP contribution in [0, 0.1) is 0 Å². The molecule has 1 aliphatic rings. The maximum absolute atomic E-state index is 10.2. The highest BCUT2D eigenvalue weighted by Crippen LogP contribution is 2.37. The molecular formula is C14H15NO2. The Kier molecular flexibility index (Phi) is 2.07. The summed E-state index contributed by atoms with van der Waals surface area (Å²) in [6.45, 7) is 4.31. The van der Waals surface area contributed by atoms with Crippen LogP contribution in [-0.4, -0.2) is 17.4 Å². The fraction of sp³-hybridized carbons (Fsp3) is 0.286. The second kappa shape index (κ2) is 3.37. The second-order valence-corrected chi connectivity index (χ2v) is 4.84. The Morgan fingerprint density at radius 1 is 1.29 bits per heavy atom. The Bertz CT molecular complexity index is 590. The van der Waals surface area contributed by atoms with Crippen LogP contribution in [0.4, 0.5) is 5.69 Å². The molecule has 1 aromatic heterocycles. The lowest BCUT2D eigenvalue weighted by molar-refractivity contribution is 0.0783. The molecule has 17 heavy (non-hydrogen) atoms. The van der Waals surface area contributed by atoms with E-state index in [-0.39, 0.29) is 0 Å². The summed E-state index contributed by atoms with van der Waals surface area (Å²) in [6, 6.07) is 5.94. The van der Waals surface area contributed by atoms with Gasteiger partial charge in [-0.15, -0.1) is 0 Å². The highest BCUT2D eigenvalue weighted by Gasteiger charge is 2.28. The second-order valence-electron chi connectivity index (χ2n) is 4.84. The first kappa shape index (κ1) is 10.4. The molecule has 0 aliphatic carbocycles.